The lowest BCUT2D eigenvalue weighted by atomic mass is 9.65. The van der Waals surface area contributed by atoms with Crippen molar-refractivity contribution in [1.82, 2.24) is 9.29 Å². The third-order valence-corrected chi connectivity index (χ3v) is 10.7. The Morgan fingerprint density at radius 1 is 1.14 bits per heavy atom. The molecular weight excluding hydrogens is 646 g/mol. The van der Waals surface area contributed by atoms with E-state index < -0.39 is 33.2 Å². The van der Waals surface area contributed by atoms with E-state index in [0.717, 1.165) is 9.54 Å². The maximum Gasteiger partial charge on any atom is 0.338 e. The topological polar surface area (TPSA) is 124 Å². The van der Waals surface area contributed by atoms with Crippen LogP contribution in [0.4, 0.5) is 0 Å². The van der Waals surface area contributed by atoms with E-state index in [2.05, 4.69) is 21.2 Å². The molecule has 0 saturated carbocycles. The molecule has 1 spiro atoms. The standard InChI is InChI=1S/C33H26BrN3O6S/c1-19-7-9-23(10-8-19)44(41,42)37-17-21-12-14-35-28-26(21)30(37)31(39)29-27(28)33(13-11-25(38)24(34)16-33)15-22(36-29)18-43-32(40)20-5-3-2-4-6-20/h2-11,13,16-17,22,36H,12,14-15,18H2,1H3/t22-,33+/m0/s1. The van der Waals surface area contributed by atoms with Crippen LogP contribution in [-0.4, -0.2) is 54.8 Å². The first-order valence-corrected chi connectivity index (χ1v) is 16.3. The van der Waals surface area contributed by atoms with Crippen molar-refractivity contribution >= 4 is 49.2 Å². The van der Waals surface area contributed by atoms with Gasteiger partial charge in [-0.1, -0.05) is 48.0 Å². The van der Waals surface area contributed by atoms with E-state index in [9.17, 15) is 22.8 Å². The van der Waals surface area contributed by atoms with Crippen LogP contribution in [0.25, 0.3) is 0 Å². The zero-order valence-electron chi connectivity index (χ0n) is 23.5. The van der Waals surface area contributed by atoms with Crippen molar-refractivity contribution in [2.75, 3.05) is 13.2 Å². The number of carbonyl (C=O) groups is 3. The molecule has 11 heteroatoms. The number of ketones is 2. The van der Waals surface area contributed by atoms with Crippen LogP contribution in [0.2, 0.25) is 0 Å². The zero-order valence-corrected chi connectivity index (χ0v) is 25.9. The van der Waals surface area contributed by atoms with Crippen molar-refractivity contribution in [2.45, 2.75) is 30.7 Å². The van der Waals surface area contributed by atoms with Gasteiger partial charge in [0.1, 0.15) is 12.3 Å². The molecule has 0 bridgehead atoms. The lowest BCUT2D eigenvalue weighted by Gasteiger charge is -2.44. The number of carbonyl (C=O) groups excluding carboxylic acids is 3. The molecule has 0 radical (unpaired) electrons. The third-order valence-electron chi connectivity index (χ3n) is 8.42. The van der Waals surface area contributed by atoms with Crippen molar-refractivity contribution in [3.63, 3.8) is 0 Å². The summed E-state index contributed by atoms with van der Waals surface area (Å²) in [7, 11) is -4.12. The maximum absolute atomic E-state index is 14.5. The van der Waals surface area contributed by atoms with Gasteiger partial charge in [-0.05, 0) is 71.6 Å². The average Bonchev–Trinajstić information content (AvgIpc) is 3.43. The molecule has 9 nitrogen and oxygen atoms in total. The largest absolute Gasteiger partial charge is 0.460 e. The molecule has 222 valence electrons. The van der Waals surface area contributed by atoms with Crippen LogP contribution in [0, 0.1) is 12.3 Å². The summed E-state index contributed by atoms with van der Waals surface area (Å²) in [5.74, 6) is -1.23. The highest BCUT2D eigenvalue weighted by Crippen LogP contribution is 2.50. The molecule has 3 aromatic rings. The normalized spacial score (nSPS) is 22.2. The second-order valence-corrected chi connectivity index (χ2v) is 14.0. The van der Waals surface area contributed by atoms with Gasteiger partial charge in [-0.3, -0.25) is 14.6 Å². The molecule has 0 fully saturated rings. The van der Waals surface area contributed by atoms with E-state index in [1.54, 1.807) is 54.6 Å². The number of nitrogens with one attached hydrogen (secondary N) is 1. The summed E-state index contributed by atoms with van der Waals surface area (Å²) < 4.78 is 35.0. The van der Waals surface area contributed by atoms with Crippen LogP contribution >= 0.6 is 15.9 Å². The van der Waals surface area contributed by atoms with E-state index >= 15 is 0 Å². The van der Waals surface area contributed by atoms with Gasteiger partial charge in [0.15, 0.2) is 5.78 Å². The molecule has 44 heavy (non-hydrogen) atoms. The number of hydrogen-bond donors (Lipinski definition) is 1. The molecule has 0 unspecified atom stereocenters. The summed E-state index contributed by atoms with van der Waals surface area (Å²) in [6.45, 7) is 2.20. The van der Waals surface area contributed by atoms with Gasteiger partial charge in [0.05, 0.1) is 32.4 Å². The Kier molecular flexibility index (Phi) is 6.71. The summed E-state index contributed by atoms with van der Waals surface area (Å²) in [5, 5.41) is 3.27. The molecular formula is C33H26BrN3O6S. The SMILES string of the molecule is Cc1ccc(S(=O)(=O)n2cc3c4c2C(=O)C2=C(C4=NCC3)[C@]3(C=CC(=O)C(Br)=C3)C[C@@H](COC(=O)c3ccccc3)N2)cc1. The fraction of sp³-hybridized carbons (Fsp3) is 0.212. The van der Waals surface area contributed by atoms with Gasteiger partial charge in [0.25, 0.3) is 10.0 Å². The number of rotatable bonds is 5. The first kappa shape index (κ1) is 28.4. The number of hydrogen-bond acceptors (Lipinski definition) is 8. The van der Waals surface area contributed by atoms with Gasteiger partial charge in [-0.25, -0.2) is 17.2 Å². The third kappa shape index (κ3) is 4.45. The molecule has 2 aromatic carbocycles. The highest BCUT2D eigenvalue weighted by Gasteiger charge is 2.50. The minimum absolute atomic E-state index is 0.0151. The highest BCUT2D eigenvalue weighted by molar-refractivity contribution is 9.12. The van der Waals surface area contributed by atoms with Crippen LogP contribution in [0.5, 0.6) is 0 Å². The minimum Gasteiger partial charge on any atom is -0.460 e. The minimum atomic E-state index is -4.12. The molecule has 1 aromatic heterocycles. The number of nitrogens with zero attached hydrogens (tertiary/aromatic N) is 2. The zero-order chi connectivity index (χ0) is 30.8. The van der Waals surface area contributed by atoms with E-state index in [1.807, 2.05) is 6.92 Å². The van der Waals surface area contributed by atoms with Crippen molar-refractivity contribution in [1.29, 1.82) is 0 Å². The number of ether oxygens (including phenoxy) is 1. The number of halogens is 1. The first-order valence-electron chi connectivity index (χ1n) is 14.1. The molecule has 0 amide bonds. The molecule has 3 heterocycles. The first-order chi connectivity index (χ1) is 21.1. The Bertz CT molecular complexity index is 2000. The summed E-state index contributed by atoms with van der Waals surface area (Å²) in [6, 6.07) is 14.5. The van der Waals surface area contributed by atoms with E-state index in [1.165, 1.54) is 24.4 Å². The number of Topliss-reactive ketones (excluding diaryl/α,β-unsaturated/α-hetero) is 1. The van der Waals surface area contributed by atoms with E-state index in [0.29, 0.717) is 51.8 Å². The van der Waals surface area contributed by atoms with Crippen molar-refractivity contribution in [3.05, 3.63) is 123 Å². The second-order valence-electron chi connectivity index (χ2n) is 11.3. The van der Waals surface area contributed by atoms with Crippen LogP contribution in [0.3, 0.4) is 0 Å². The molecule has 7 rings (SSSR count). The number of benzene rings is 2. The van der Waals surface area contributed by atoms with Crippen molar-refractivity contribution in [3.8, 4) is 0 Å². The number of aryl methyl sites for hydroxylation is 1. The van der Waals surface area contributed by atoms with Crippen LogP contribution in [-0.2, 0) is 26.0 Å². The Balaban J connectivity index is 1.35. The molecule has 0 saturated heterocycles. The number of esters is 1. The quantitative estimate of drug-likeness (QED) is 0.398. The van der Waals surface area contributed by atoms with Gasteiger partial charge < -0.3 is 10.1 Å². The lowest BCUT2D eigenvalue weighted by molar-refractivity contribution is -0.110. The number of aliphatic imine (C=N–C) groups is 1. The summed E-state index contributed by atoms with van der Waals surface area (Å²) in [4.78, 5) is 44.7. The molecule has 2 aliphatic carbocycles. The van der Waals surface area contributed by atoms with E-state index in [4.69, 9.17) is 9.73 Å². The summed E-state index contributed by atoms with van der Waals surface area (Å²) in [5.41, 5.74) is 2.86. The highest BCUT2D eigenvalue weighted by atomic mass is 79.9. The number of aromatic nitrogens is 1. The van der Waals surface area contributed by atoms with Gasteiger partial charge in [0, 0.05) is 29.3 Å². The smallest absolute Gasteiger partial charge is 0.338 e. The molecule has 1 N–H and O–H groups in total. The van der Waals surface area contributed by atoms with Gasteiger partial charge in [0.2, 0.25) is 5.78 Å². The van der Waals surface area contributed by atoms with E-state index in [-0.39, 0.29) is 28.7 Å². The van der Waals surface area contributed by atoms with Crippen LogP contribution in [0.15, 0.2) is 105 Å². The molecule has 4 aliphatic rings. The Morgan fingerprint density at radius 3 is 2.61 bits per heavy atom. The number of fused-ring (bicyclic) bond motifs is 2. The molecule has 2 aliphatic heterocycles. The Morgan fingerprint density at radius 2 is 1.89 bits per heavy atom. The lowest BCUT2D eigenvalue weighted by Crippen LogP contribution is -2.51. The predicted molar refractivity (Wildman–Crippen MR) is 167 cm³/mol. The molecule has 2 atom stereocenters. The van der Waals surface area contributed by atoms with Gasteiger partial charge in [-0.15, -0.1) is 0 Å². The van der Waals surface area contributed by atoms with Gasteiger partial charge in [-0.2, -0.15) is 0 Å². The Labute approximate surface area is 262 Å². The predicted octanol–water partition coefficient (Wildman–Crippen LogP) is 4.45. The second kappa shape index (κ2) is 10.4. The van der Waals surface area contributed by atoms with Crippen molar-refractivity contribution < 1.29 is 27.5 Å². The summed E-state index contributed by atoms with van der Waals surface area (Å²) >= 11 is 3.40. The fourth-order valence-electron chi connectivity index (χ4n) is 6.36. The maximum atomic E-state index is 14.5. The van der Waals surface area contributed by atoms with Crippen LogP contribution in [0.1, 0.15) is 44.0 Å². The fourth-order valence-corrected chi connectivity index (χ4v) is 8.29. The van der Waals surface area contributed by atoms with Gasteiger partial charge >= 0.3 is 5.97 Å². The van der Waals surface area contributed by atoms with Crippen molar-refractivity contribution in [2.24, 2.45) is 10.4 Å². The van der Waals surface area contributed by atoms with Crippen LogP contribution < -0.4 is 5.32 Å². The monoisotopic (exact) mass is 671 g/mol. The Hall–Kier alpha value is -4.35. The number of allylic oxidation sites excluding steroid dienone is 6. The summed E-state index contributed by atoms with van der Waals surface area (Å²) in [6.07, 6.45) is 7.35. The average molecular weight is 673 g/mol.